The van der Waals surface area contributed by atoms with Gasteiger partial charge in [-0.25, -0.2) is 0 Å². The lowest BCUT2D eigenvalue weighted by atomic mass is 10.0. The highest BCUT2D eigenvalue weighted by Crippen LogP contribution is 2.30. The van der Waals surface area contributed by atoms with Gasteiger partial charge in [-0.15, -0.1) is 0 Å². The van der Waals surface area contributed by atoms with Crippen LogP contribution in [0.4, 0.5) is 0 Å². The van der Waals surface area contributed by atoms with Crippen molar-refractivity contribution in [2.24, 2.45) is 0 Å². The summed E-state index contributed by atoms with van der Waals surface area (Å²) in [5.41, 5.74) is 1.62. The number of aromatic hydroxyl groups is 4. The third-order valence-electron chi connectivity index (χ3n) is 8.12. The second-order valence-electron chi connectivity index (χ2n) is 12.0. The molecule has 0 heterocycles. The highest BCUT2D eigenvalue weighted by atomic mass is 16.5. The monoisotopic (exact) mass is 642 g/mol. The second kappa shape index (κ2) is 25.2. The quantitative estimate of drug-likeness (QED) is 0.0520. The molecular weight excluding hydrogens is 584 g/mol. The lowest BCUT2D eigenvalue weighted by Crippen LogP contribution is -2.19. The summed E-state index contributed by atoms with van der Waals surface area (Å²) >= 11 is 0. The molecule has 0 saturated heterocycles. The van der Waals surface area contributed by atoms with Gasteiger partial charge in [0.15, 0.2) is 23.0 Å². The Labute approximate surface area is 284 Å². The first-order valence-electron chi connectivity index (χ1n) is 17.5. The van der Waals surface area contributed by atoms with Crippen LogP contribution in [0.15, 0.2) is 109 Å². The van der Waals surface area contributed by atoms with Gasteiger partial charge >= 0.3 is 0 Å². The lowest BCUT2D eigenvalue weighted by molar-refractivity contribution is 0.0295. The fourth-order valence-electron chi connectivity index (χ4n) is 5.44. The molecule has 5 heteroatoms. The number of hydrogen-bond donors (Lipinski definition) is 4. The Balaban J connectivity index is 1.86. The average Bonchev–Trinajstić information content (AvgIpc) is 3.06. The number of unbranched alkanes of at least 4 members (excludes halogenated alkanes) is 8. The van der Waals surface area contributed by atoms with Crippen molar-refractivity contribution in [2.75, 3.05) is 0 Å². The summed E-state index contributed by atoms with van der Waals surface area (Å²) in [6.07, 6.45) is 39.1. The molecule has 0 aliphatic heterocycles. The molecule has 0 radical (unpaired) electrons. The molecule has 0 amide bonds. The standard InChI is InChI=1S/C42H58O5/c1-3-5-7-11-19-29-37(31-21-15-9-13-17-25-35-27-23-33-39(43)41(35)45)47-38(30-20-12-8-6-4-2)32-22-16-10-14-18-26-36-28-24-34-40(44)42(36)46/h3-8,11-12,19-20,23-24,27-30,33-34,37-38,43-46H,9-10,13-18,21-22,25-26,31-32H2,1-2H3/b5-3-,6-4-,11-7+,12-8+,29-19+,30-20+. The molecule has 0 fully saturated rings. The number of rotatable bonds is 24. The molecule has 0 bridgehead atoms. The van der Waals surface area contributed by atoms with Gasteiger partial charge in [0.25, 0.3) is 0 Å². The normalized spacial score (nSPS) is 13.8. The van der Waals surface area contributed by atoms with E-state index in [0.717, 1.165) is 101 Å². The summed E-state index contributed by atoms with van der Waals surface area (Å²) in [5, 5.41) is 39.5. The zero-order valence-electron chi connectivity index (χ0n) is 28.6. The van der Waals surface area contributed by atoms with Crippen molar-refractivity contribution in [2.45, 2.75) is 116 Å². The predicted molar refractivity (Wildman–Crippen MR) is 197 cm³/mol. The molecule has 256 valence electrons. The molecule has 2 atom stereocenters. The van der Waals surface area contributed by atoms with Crippen molar-refractivity contribution in [3.8, 4) is 23.0 Å². The minimum Gasteiger partial charge on any atom is -0.504 e. The summed E-state index contributed by atoms with van der Waals surface area (Å²) in [6.45, 7) is 4.02. The number of hydrogen-bond acceptors (Lipinski definition) is 5. The van der Waals surface area contributed by atoms with E-state index in [0.29, 0.717) is 0 Å². The smallest absolute Gasteiger partial charge is 0.160 e. The van der Waals surface area contributed by atoms with Crippen LogP contribution in [0.1, 0.15) is 102 Å². The molecule has 0 aliphatic rings. The van der Waals surface area contributed by atoms with Gasteiger partial charge in [0.05, 0.1) is 12.2 Å². The molecule has 0 saturated carbocycles. The first-order chi connectivity index (χ1) is 23.0. The number of allylic oxidation sites excluding steroid dienone is 10. The Bertz CT molecular complexity index is 1200. The predicted octanol–water partition coefficient (Wildman–Crippen LogP) is 11.1. The minimum absolute atomic E-state index is 0.00906. The van der Waals surface area contributed by atoms with E-state index in [9.17, 15) is 20.4 Å². The SMILES string of the molecule is C\C=C/C=C/C=C/C(CCCCCCCc1cccc(O)c1O)OC(/C=C/C=C/C=C\C)CCCCCCCc1cccc(O)c1O. The second-order valence-corrected chi connectivity index (χ2v) is 12.0. The fraction of sp³-hybridized carbons (Fsp3) is 0.429. The Hall–Kier alpha value is -3.96. The minimum atomic E-state index is -0.0487. The van der Waals surface area contributed by atoms with E-state index in [4.69, 9.17) is 4.74 Å². The van der Waals surface area contributed by atoms with Crippen molar-refractivity contribution in [3.63, 3.8) is 0 Å². The van der Waals surface area contributed by atoms with Gasteiger partial charge in [0.1, 0.15) is 0 Å². The first kappa shape index (κ1) is 39.2. The molecule has 5 nitrogen and oxygen atoms in total. The van der Waals surface area contributed by atoms with E-state index < -0.39 is 0 Å². The van der Waals surface area contributed by atoms with Gasteiger partial charge in [-0.3, -0.25) is 0 Å². The molecule has 2 aromatic carbocycles. The molecule has 2 rings (SSSR count). The van der Waals surface area contributed by atoms with Crippen LogP contribution in [0, 0.1) is 0 Å². The fourth-order valence-corrected chi connectivity index (χ4v) is 5.44. The van der Waals surface area contributed by atoms with Crippen molar-refractivity contribution in [1.82, 2.24) is 0 Å². The van der Waals surface area contributed by atoms with Crippen molar-refractivity contribution in [1.29, 1.82) is 0 Å². The molecule has 0 aliphatic carbocycles. The van der Waals surface area contributed by atoms with Gasteiger partial charge < -0.3 is 25.2 Å². The van der Waals surface area contributed by atoms with Gasteiger partial charge in [0.2, 0.25) is 0 Å². The maximum Gasteiger partial charge on any atom is 0.160 e. The van der Waals surface area contributed by atoms with Crippen LogP contribution in [-0.4, -0.2) is 32.6 Å². The van der Waals surface area contributed by atoms with Crippen LogP contribution in [0.5, 0.6) is 23.0 Å². The maximum atomic E-state index is 10.0. The Kier molecular flexibility index (Phi) is 21.0. The summed E-state index contributed by atoms with van der Waals surface area (Å²) in [5.74, 6) is -0.0793. The average molecular weight is 643 g/mol. The Morgan fingerprint density at radius 1 is 0.489 bits per heavy atom. The van der Waals surface area contributed by atoms with Gasteiger partial charge in [-0.1, -0.05) is 149 Å². The third kappa shape index (κ3) is 17.5. The van der Waals surface area contributed by atoms with Crippen molar-refractivity contribution < 1.29 is 25.2 Å². The topological polar surface area (TPSA) is 90.2 Å². The summed E-state index contributed by atoms with van der Waals surface area (Å²) in [4.78, 5) is 0. The van der Waals surface area contributed by atoms with Gasteiger partial charge in [0, 0.05) is 0 Å². The number of phenolic OH excluding ortho intramolecular Hbond substituents is 4. The zero-order valence-corrected chi connectivity index (χ0v) is 28.6. The van der Waals surface area contributed by atoms with Crippen LogP contribution >= 0.6 is 0 Å². The van der Waals surface area contributed by atoms with E-state index in [1.165, 1.54) is 12.1 Å². The maximum absolute atomic E-state index is 10.0. The summed E-state index contributed by atoms with van der Waals surface area (Å²) < 4.78 is 6.70. The number of para-hydroxylation sites is 2. The first-order valence-corrected chi connectivity index (χ1v) is 17.5. The van der Waals surface area contributed by atoms with Crippen LogP contribution in [0.3, 0.4) is 0 Å². The van der Waals surface area contributed by atoms with Gasteiger partial charge in [-0.2, -0.15) is 0 Å². The van der Waals surface area contributed by atoms with Crippen LogP contribution < -0.4 is 0 Å². The molecular formula is C42H58O5. The molecule has 2 aromatic rings. The van der Waals surface area contributed by atoms with Crippen molar-refractivity contribution in [3.05, 3.63) is 120 Å². The highest BCUT2D eigenvalue weighted by Gasteiger charge is 2.13. The van der Waals surface area contributed by atoms with E-state index in [1.807, 2.05) is 74.6 Å². The highest BCUT2D eigenvalue weighted by molar-refractivity contribution is 5.45. The number of ether oxygens (including phenoxy) is 1. The van der Waals surface area contributed by atoms with E-state index >= 15 is 0 Å². The summed E-state index contributed by atoms with van der Waals surface area (Å²) in [6, 6.07) is 10.3. The van der Waals surface area contributed by atoms with Crippen LogP contribution in [0.2, 0.25) is 0 Å². The molecule has 4 N–H and O–H groups in total. The zero-order chi connectivity index (χ0) is 34.0. The van der Waals surface area contributed by atoms with Crippen LogP contribution in [-0.2, 0) is 17.6 Å². The van der Waals surface area contributed by atoms with Crippen LogP contribution in [0.25, 0.3) is 0 Å². The van der Waals surface area contributed by atoms with Gasteiger partial charge in [-0.05, 0) is 75.6 Å². The molecule has 2 unspecified atom stereocenters. The number of benzene rings is 2. The van der Waals surface area contributed by atoms with E-state index in [-0.39, 0.29) is 35.2 Å². The summed E-state index contributed by atoms with van der Waals surface area (Å²) in [7, 11) is 0. The number of phenols is 4. The molecule has 47 heavy (non-hydrogen) atoms. The van der Waals surface area contributed by atoms with E-state index in [2.05, 4.69) is 24.3 Å². The largest absolute Gasteiger partial charge is 0.504 e. The molecule has 0 aromatic heterocycles. The number of aryl methyl sites for hydroxylation is 2. The Morgan fingerprint density at radius 2 is 0.872 bits per heavy atom. The third-order valence-corrected chi connectivity index (χ3v) is 8.12. The Morgan fingerprint density at radius 3 is 1.30 bits per heavy atom. The lowest BCUT2D eigenvalue weighted by Gasteiger charge is -2.21. The van der Waals surface area contributed by atoms with E-state index in [1.54, 1.807) is 12.1 Å². The molecule has 0 spiro atoms. The van der Waals surface area contributed by atoms with Crippen molar-refractivity contribution >= 4 is 0 Å².